The predicted molar refractivity (Wildman–Crippen MR) is 88.0 cm³/mol. The number of sulfonamides is 1. The van der Waals surface area contributed by atoms with Crippen molar-refractivity contribution in [1.82, 2.24) is 9.21 Å². The molecule has 0 spiro atoms. The van der Waals surface area contributed by atoms with Gasteiger partial charge in [0.25, 0.3) is 0 Å². The molecule has 148 valence electrons. The number of hydrogen-bond acceptors (Lipinski definition) is 5. The molecule has 1 fully saturated rings. The Morgan fingerprint density at radius 1 is 1.19 bits per heavy atom. The van der Waals surface area contributed by atoms with Crippen LogP contribution in [0.1, 0.15) is 12.0 Å². The van der Waals surface area contributed by atoms with Gasteiger partial charge in [0.2, 0.25) is 15.9 Å². The predicted octanol–water partition coefficient (Wildman–Crippen LogP) is 1.36. The van der Waals surface area contributed by atoms with Crippen LogP contribution < -0.4 is 0 Å². The fourth-order valence-corrected chi connectivity index (χ4v) is 4.17. The van der Waals surface area contributed by atoms with Crippen molar-refractivity contribution in [3.63, 3.8) is 0 Å². The van der Waals surface area contributed by atoms with Gasteiger partial charge in [-0.2, -0.15) is 22.7 Å². The molecule has 1 aliphatic rings. The first kappa shape index (κ1) is 21.1. The summed E-state index contributed by atoms with van der Waals surface area (Å²) in [6, 6.07) is 7.69. The minimum atomic E-state index is -4.44. The molecule has 1 saturated heterocycles. The SMILES string of the molecule is N#Cc1ccccc1S(=O)(=O)N1CCN(C(=O)CCOCC(F)(F)F)CC1. The quantitative estimate of drug-likeness (QED) is 0.667. The molecule has 1 amide bonds. The number of carbonyl (C=O) groups is 1. The number of ether oxygens (including phenoxy) is 1. The largest absolute Gasteiger partial charge is 0.411 e. The maximum Gasteiger partial charge on any atom is 0.411 e. The number of benzene rings is 1. The van der Waals surface area contributed by atoms with Crippen molar-refractivity contribution in [3.05, 3.63) is 29.8 Å². The molecular formula is C16H18F3N3O4S. The summed E-state index contributed by atoms with van der Waals surface area (Å²) in [7, 11) is -3.87. The summed E-state index contributed by atoms with van der Waals surface area (Å²) in [6.45, 7) is -1.45. The summed E-state index contributed by atoms with van der Waals surface area (Å²) in [6.07, 6.45) is -4.65. The van der Waals surface area contributed by atoms with Crippen LogP contribution >= 0.6 is 0 Å². The maximum atomic E-state index is 12.7. The van der Waals surface area contributed by atoms with Gasteiger partial charge in [0.05, 0.1) is 23.5 Å². The van der Waals surface area contributed by atoms with Crippen molar-refractivity contribution in [2.24, 2.45) is 0 Å². The van der Waals surface area contributed by atoms with Crippen LogP contribution in [0.3, 0.4) is 0 Å². The smallest absolute Gasteiger partial charge is 0.372 e. The summed E-state index contributed by atoms with van der Waals surface area (Å²) in [5.74, 6) is -0.397. The molecule has 0 bridgehead atoms. The van der Waals surface area contributed by atoms with E-state index in [1.54, 1.807) is 6.07 Å². The molecule has 0 unspecified atom stereocenters. The highest BCUT2D eigenvalue weighted by Gasteiger charge is 2.32. The van der Waals surface area contributed by atoms with Crippen molar-refractivity contribution in [1.29, 1.82) is 5.26 Å². The van der Waals surface area contributed by atoms with Gasteiger partial charge < -0.3 is 9.64 Å². The maximum absolute atomic E-state index is 12.7. The molecule has 0 saturated carbocycles. The molecular weight excluding hydrogens is 387 g/mol. The molecule has 0 atom stereocenters. The van der Waals surface area contributed by atoms with Crippen molar-refractivity contribution in [3.8, 4) is 6.07 Å². The van der Waals surface area contributed by atoms with Crippen LogP contribution in [0.2, 0.25) is 0 Å². The standard InChI is InChI=1S/C16H18F3N3O4S/c17-16(18,19)12-26-10-5-15(23)21-6-8-22(9-7-21)27(24,25)14-4-2-1-3-13(14)11-20/h1-4H,5-10,12H2. The Hall–Kier alpha value is -2.16. The lowest BCUT2D eigenvalue weighted by Gasteiger charge is -2.34. The van der Waals surface area contributed by atoms with E-state index in [0.717, 1.165) is 0 Å². The number of amides is 1. The minimum Gasteiger partial charge on any atom is -0.372 e. The Morgan fingerprint density at radius 2 is 1.81 bits per heavy atom. The molecule has 11 heteroatoms. The first-order valence-corrected chi connectivity index (χ1v) is 9.51. The number of rotatable bonds is 6. The van der Waals surface area contributed by atoms with Crippen LogP contribution in [0, 0.1) is 11.3 Å². The van der Waals surface area contributed by atoms with Crippen molar-refractivity contribution >= 4 is 15.9 Å². The lowest BCUT2D eigenvalue weighted by atomic mass is 10.2. The van der Waals surface area contributed by atoms with Gasteiger partial charge in [0.15, 0.2) is 0 Å². The normalized spacial score (nSPS) is 16.1. The number of piperazine rings is 1. The topological polar surface area (TPSA) is 90.7 Å². The minimum absolute atomic E-state index is 0.0389. The third-order valence-electron chi connectivity index (χ3n) is 3.94. The highest BCUT2D eigenvalue weighted by Crippen LogP contribution is 2.21. The van der Waals surface area contributed by atoms with E-state index in [4.69, 9.17) is 5.26 Å². The van der Waals surface area contributed by atoms with E-state index in [9.17, 15) is 26.4 Å². The zero-order chi connectivity index (χ0) is 20.1. The van der Waals surface area contributed by atoms with Gasteiger partial charge in [-0.15, -0.1) is 0 Å². The van der Waals surface area contributed by atoms with Crippen LogP contribution in [0.5, 0.6) is 0 Å². The van der Waals surface area contributed by atoms with Gasteiger partial charge >= 0.3 is 6.18 Å². The Kier molecular flexibility index (Phi) is 6.80. The average molecular weight is 405 g/mol. The first-order chi connectivity index (χ1) is 12.6. The molecule has 0 aromatic heterocycles. The van der Waals surface area contributed by atoms with E-state index in [1.807, 2.05) is 6.07 Å². The second kappa shape index (κ2) is 8.69. The lowest BCUT2D eigenvalue weighted by molar-refractivity contribution is -0.175. The Bertz CT molecular complexity index is 813. The van der Waals surface area contributed by atoms with E-state index in [0.29, 0.717) is 0 Å². The number of halogens is 3. The summed E-state index contributed by atoms with van der Waals surface area (Å²) in [5.41, 5.74) is 0.0396. The van der Waals surface area contributed by atoms with Crippen LogP contribution in [0.4, 0.5) is 13.2 Å². The monoisotopic (exact) mass is 405 g/mol. The van der Waals surface area contributed by atoms with Crippen LogP contribution in [-0.4, -0.2) is 69.1 Å². The van der Waals surface area contributed by atoms with Gasteiger partial charge in [-0.3, -0.25) is 4.79 Å². The van der Waals surface area contributed by atoms with Crippen LogP contribution in [0.15, 0.2) is 29.2 Å². The highest BCUT2D eigenvalue weighted by molar-refractivity contribution is 7.89. The number of nitrogens with zero attached hydrogens (tertiary/aromatic N) is 3. The molecule has 2 rings (SSSR count). The van der Waals surface area contributed by atoms with E-state index in [2.05, 4.69) is 4.74 Å². The summed E-state index contributed by atoms with van der Waals surface area (Å²) >= 11 is 0. The Labute approximate surface area is 155 Å². The zero-order valence-corrected chi connectivity index (χ0v) is 15.1. The molecule has 1 aromatic rings. The number of hydrogen-bond donors (Lipinski definition) is 0. The van der Waals surface area contributed by atoms with Crippen LogP contribution in [-0.2, 0) is 19.6 Å². The fraction of sp³-hybridized carbons (Fsp3) is 0.500. The molecule has 0 aliphatic carbocycles. The van der Waals surface area contributed by atoms with E-state index in [-0.39, 0.29) is 49.7 Å². The first-order valence-electron chi connectivity index (χ1n) is 8.07. The Balaban J connectivity index is 1.89. The second-order valence-electron chi connectivity index (χ2n) is 5.81. The van der Waals surface area contributed by atoms with Gasteiger partial charge in [0.1, 0.15) is 12.7 Å². The lowest BCUT2D eigenvalue weighted by Crippen LogP contribution is -2.50. The van der Waals surface area contributed by atoms with E-state index in [1.165, 1.54) is 27.4 Å². The summed E-state index contributed by atoms with van der Waals surface area (Å²) in [4.78, 5) is 13.3. The van der Waals surface area contributed by atoms with Crippen molar-refractivity contribution < 1.29 is 31.1 Å². The molecule has 1 heterocycles. The number of alkyl halides is 3. The van der Waals surface area contributed by atoms with Gasteiger partial charge in [0, 0.05) is 26.2 Å². The Morgan fingerprint density at radius 3 is 2.41 bits per heavy atom. The molecule has 1 aromatic carbocycles. The summed E-state index contributed by atoms with van der Waals surface area (Å²) in [5, 5.41) is 9.08. The van der Waals surface area contributed by atoms with Gasteiger partial charge in [-0.25, -0.2) is 8.42 Å². The second-order valence-corrected chi connectivity index (χ2v) is 7.72. The van der Waals surface area contributed by atoms with Gasteiger partial charge in [-0.1, -0.05) is 12.1 Å². The van der Waals surface area contributed by atoms with Gasteiger partial charge in [-0.05, 0) is 12.1 Å². The van der Waals surface area contributed by atoms with Crippen molar-refractivity contribution in [2.75, 3.05) is 39.4 Å². The van der Waals surface area contributed by atoms with E-state index < -0.39 is 28.7 Å². The summed E-state index contributed by atoms with van der Waals surface area (Å²) < 4.78 is 66.9. The molecule has 7 nitrogen and oxygen atoms in total. The third-order valence-corrected chi connectivity index (χ3v) is 5.90. The van der Waals surface area contributed by atoms with E-state index >= 15 is 0 Å². The molecule has 27 heavy (non-hydrogen) atoms. The number of nitriles is 1. The average Bonchev–Trinajstić information content (AvgIpc) is 2.64. The molecule has 0 N–H and O–H groups in total. The number of carbonyl (C=O) groups excluding carboxylic acids is 1. The fourth-order valence-electron chi connectivity index (χ4n) is 2.61. The van der Waals surface area contributed by atoms with Crippen LogP contribution in [0.25, 0.3) is 0 Å². The zero-order valence-electron chi connectivity index (χ0n) is 14.3. The van der Waals surface area contributed by atoms with Crippen molar-refractivity contribution in [2.45, 2.75) is 17.5 Å². The highest BCUT2D eigenvalue weighted by atomic mass is 32.2. The molecule has 1 aliphatic heterocycles. The third kappa shape index (κ3) is 5.66. The molecule has 0 radical (unpaired) electrons.